The van der Waals surface area contributed by atoms with Crippen LogP contribution in [0.3, 0.4) is 0 Å². The number of imidazole rings is 1. The van der Waals surface area contributed by atoms with Crippen molar-refractivity contribution >= 4 is 28.6 Å². The lowest BCUT2D eigenvalue weighted by Gasteiger charge is -2.08. The van der Waals surface area contributed by atoms with Gasteiger partial charge < -0.3 is 9.88 Å². The third-order valence-corrected chi connectivity index (χ3v) is 3.46. The van der Waals surface area contributed by atoms with Gasteiger partial charge in [0.1, 0.15) is 5.82 Å². The molecule has 0 amide bonds. The highest BCUT2D eigenvalue weighted by atomic mass is 32.2. The second-order valence-corrected chi connectivity index (χ2v) is 5.05. The number of nitrogens with one attached hydrogen (secondary N) is 2. The van der Waals surface area contributed by atoms with E-state index >= 15 is 0 Å². The first-order valence-electron chi connectivity index (χ1n) is 6.31. The zero-order valence-electron chi connectivity index (χ0n) is 11.1. The van der Waals surface area contributed by atoms with Crippen molar-refractivity contribution in [2.24, 2.45) is 0 Å². The topological polar surface area (TPSA) is 84.3 Å². The fourth-order valence-electron chi connectivity index (χ4n) is 1.93. The molecule has 0 radical (unpaired) electrons. The Labute approximate surface area is 120 Å². The number of aryl methyl sites for hydroxylation is 1. The lowest BCUT2D eigenvalue weighted by molar-refractivity contribution is 0.660. The summed E-state index contributed by atoms with van der Waals surface area (Å²) < 4.78 is 2.06. The Kier molecular flexibility index (Phi) is 3.82. The fraction of sp³-hybridized carbons (Fsp3) is 0.333. The van der Waals surface area contributed by atoms with Crippen LogP contribution in [0.2, 0.25) is 0 Å². The van der Waals surface area contributed by atoms with Crippen molar-refractivity contribution < 1.29 is 0 Å². The lowest BCUT2D eigenvalue weighted by atomic mass is 10.3. The highest BCUT2D eigenvalue weighted by molar-refractivity contribution is 7.98. The van der Waals surface area contributed by atoms with Crippen LogP contribution >= 0.6 is 11.8 Å². The number of anilines is 1. The number of hydrogen-bond donors (Lipinski definition) is 2. The van der Waals surface area contributed by atoms with Gasteiger partial charge in [-0.15, -0.1) is 0 Å². The molecule has 0 saturated heterocycles. The first kappa shape index (κ1) is 12.9. The van der Waals surface area contributed by atoms with Gasteiger partial charge in [-0.2, -0.15) is 5.10 Å². The summed E-state index contributed by atoms with van der Waals surface area (Å²) >= 11 is 1.52. The van der Waals surface area contributed by atoms with Gasteiger partial charge in [-0.1, -0.05) is 11.8 Å². The van der Waals surface area contributed by atoms with Crippen LogP contribution in [0.5, 0.6) is 0 Å². The number of nitrogens with zero attached hydrogens (tertiary/aromatic N) is 5. The molecule has 3 aromatic rings. The summed E-state index contributed by atoms with van der Waals surface area (Å²) in [6.07, 6.45) is 10.3. The minimum absolute atomic E-state index is 0.735. The lowest BCUT2D eigenvalue weighted by Crippen LogP contribution is -2.08. The van der Waals surface area contributed by atoms with E-state index in [-0.39, 0.29) is 0 Å². The van der Waals surface area contributed by atoms with E-state index in [0.29, 0.717) is 0 Å². The van der Waals surface area contributed by atoms with Gasteiger partial charge in [0.2, 0.25) is 0 Å². The van der Waals surface area contributed by atoms with E-state index in [1.165, 1.54) is 11.8 Å². The minimum Gasteiger partial charge on any atom is -0.369 e. The molecule has 104 valence electrons. The highest BCUT2D eigenvalue weighted by Crippen LogP contribution is 2.21. The molecule has 3 heterocycles. The third-order valence-electron chi connectivity index (χ3n) is 2.92. The summed E-state index contributed by atoms with van der Waals surface area (Å²) in [5.74, 6) is 0.832. The number of rotatable bonds is 6. The molecule has 0 spiro atoms. The van der Waals surface area contributed by atoms with Crippen LogP contribution in [-0.2, 0) is 6.54 Å². The molecular formula is C12H15N7S. The second-order valence-electron chi connectivity index (χ2n) is 4.27. The zero-order valence-corrected chi connectivity index (χ0v) is 11.9. The minimum atomic E-state index is 0.735. The number of H-pyrrole nitrogens is 1. The Morgan fingerprint density at radius 3 is 3.15 bits per heavy atom. The van der Waals surface area contributed by atoms with Gasteiger partial charge in [0.15, 0.2) is 10.8 Å². The van der Waals surface area contributed by atoms with Crippen molar-refractivity contribution in [2.45, 2.75) is 18.1 Å². The summed E-state index contributed by atoms with van der Waals surface area (Å²) in [5.41, 5.74) is 0.765. The van der Waals surface area contributed by atoms with E-state index in [2.05, 4.69) is 35.0 Å². The van der Waals surface area contributed by atoms with Crippen LogP contribution in [0, 0.1) is 0 Å². The van der Waals surface area contributed by atoms with Gasteiger partial charge in [-0.25, -0.2) is 15.0 Å². The molecule has 3 aromatic heterocycles. The standard InChI is InChI=1S/C12H15N7S/c1-20-12-16-10(9-7-15-18-11(9)17-12)14-3-2-5-19-6-4-13-8-19/h4,6-8H,2-3,5H2,1H3,(H2,14,15,16,17,18). The van der Waals surface area contributed by atoms with E-state index in [1.807, 2.05) is 18.8 Å². The molecule has 0 aliphatic rings. The molecule has 0 atom stereocenters. The molecule has 2 N–H and O–H groups in total. The maximum atomic E-state index is 4.49. The van der Waals surface area contributed by atoms with Crippen LogP contribution < -0.4 is 5.32 Å². The van der Waals surface area contributed by atoms with Gasteiger partial charge >= 0.3 is 0 Å². The van der Waals surface area contributed by atoms with E-state index < -0.39 is 0 Å². The van der Waals surface area contributed by atoms with Crippen LogP contribution in [-0.4, -0.2) is 42.5 Å². The zero-order chi connectivity index (χ0) is 13.8. The van der Waals surface area contributed by atoms with Crippen LogP contribution in [0.25, 0.3) is 11.0 Å². The Balaban J connectivity index is 1.65. The van der Waals surface area contributed by atoms with Gasteiger partial charge in [0.05, 0.1) is 17.9 Å². The largest absolute Gasteiger partial charge is 0.369 e. The monoisotopic (exact) mass is 289 g/mol. The number of aromatic nitrogens is 6. The maximum Gasteiger partial charge on any atom is 0.191 e. The van der Waals surface area contributed by atoms with Crippen molar-refractivity contribution in [3.8, 4) is 0 Å². The van der Waals surface area contributed by atoms with E-state index in [9.17, 15) is 0 Å². The molecule has 0 aliphatic heterocycles. The third kappa shape index (κ3) is 2.74. The molecule has 7 nitrogen and oxygen atoms in total. The Hall–Kier alpha value is -2.09. The summed E-state index contributed by atoms with van der Waals surface area (Å²) in [6, 6.07) is 0. The number of hydrogen-bond acceptors (Lipinski definition) is 6. The summed E-state index contributed by atoms with van der Waals surface area (Å²) in [5, 5.41) is 11.9. The van der Waals surface area contributed by atoms with Crippen molar-refractivity contribution in [2.75, 3.05) is 18.1 Å². The number of thioether (sulfide) groups is 1. The van der Waals surface area contributed by atoms with Gasteiger partial charge in [0, 0.05) is 25.5 Å². The predicted molar refractivity (Wildman–Crippen MR) is 78.8 cm³/mol. The average Bonchev–Trinajstić information content (AvgIpc) is 3.13. The van der Waals surface area contributed by atoms with Crippen molar-refractivity contribution in [3.05, 3.63) is 24.9 Å². The van der Waals surface area contributed by atoms with Crippen molar-refractivity contribution in [1.82, 2.24) is 29.7 Å². The molecule has 0 bridgehead atoms. The fourth-order valence-corrected chi connectivity index (χ4v) is 2.29. The van der Waals surface area contributed by atoms with Crippen LogP contribution in [0.15, 0.2) is 30.1 Å². The van der Waals surface area contributed by atoms with Gasteiger partial charge in [-0.05, 0) is 12.7 Å². The van der Waals surface area contributed by atoms with Gasteiger partial charge in [-0.3, -0.25) is 5.10 Å². The number of fused-ring (bicyclic) bond motifs is 1. The molecule has 3 rings (SSSR count). The van der Waals surface area contributed by atoms with Crippen LogP contribution in [0.4, 0.5) is 5.82 Å². The molecule has 0 aliphatic carbocycles. The van der Waals surface area contributed by atoms with E-state index in [0.717, 1.165) is 41.5 Å². The molecule has 0 fully saturated rings. The van der Waals surface area contributed by atoms with Crippen molar-refractivity contribution in [1.29, 1.82) is 0 Å². The average molecular weight is 289 g/mol. The predicted octanol–water partition coefficient (Wildman–Crippen LogP) is 1.77. The smallest absolute Gasteiger partial charge is 0.191 e. The molecular weight excluding hydrogens is 274 g/mol. The molecule has 0 aromatic carbocycles. The normalized spacial score (nSPS) is 11.1. The molecule has 20 heavy (non-hydrogen) atoms. The summed E-state index contributed by atoms with van der Waals surface area (Å²) in [4.78, 5) is 12.9. The van der Waals surface area contributed by atoms with Gasteiger partial charge in [0.25, 0.3) is 0 Å². The summed E-state index contributed by atoms with van der Waals surface area (Å²) in [7, 11) is 0. The highest BCUT2D eigenvalue weighted by Gasteiger charge is 2.08. The van der Waals surface area contributed by atoms with E-state index in [1.54, 1.807) is 12.4 Å². The maximum absolute atomic E-state index is 4.49. The first-order chi connectivity index (χ1) is 9.86. The molecule has 0 unspecified atom stereocenters. The summed E-state index contributed by atoms with van der Waals surface area (Å²) in [6.45, 7) is 1.77. The number of aromatic amines is 1. The molecule has 8 heteroatoms. The first-order valence-corrected chi connectivity index (χ1v) is 7.54. The second kappa shape index (κ2) is 5.91. The Bertz CT molecular complexity index is 676. The van der Waals surface area contributed by atoms with Crippen LogP contribution in [0.1, 0.15) is 6.42 Å². The van der Waals surface area contributed by atoms with E-state index in [4.69, 9.17) is 0 Å². The SMILES string of the molecule is CSc1nc(NCCCn2ccnc2)c2cn[nH]c2n1. The van der Waals surface area contributed by atoms with Crippen molar-refractivity contribution in [3.63, 3.8) is 0 Å². The Morgan fingerprint density at radius 2 is 2.35 bits per heavy atom. The Morgan fingerprint density at radius 1 is 1.40 bits per heavy atom. The molecule has 0 saturated carbocycles. The quantitative estimate of drug-likeness (QED) is 0.409.